The van der Waals surface area contributed by atoms with E-state index in [4.69, 9.17) is 28.3 Å². The molecule has 1 aliphatic heterocycles. The van der Waals surface area contributed by atoms with Crippen LogP contribution in [-0.2, 0) is 10.0 Å². The summed E-state index contributed by atoms with van der Waals surface area (Å²) in [7, 11) is -3.83. The molecule has 1 aromatic carbocycles. The summed E-state index contributed by atoms with van der Waals surface area (Å²) >= 11 is 13.4. The van der Waals surface area contributed by atoms with E-state index in [2.05, 4.69) is 0 Å². The quantitative estimate of drug-likeness (QED) is 0.886. The highest BCUT2D eigenvalue weighted by Gasteiger charge is 2.32. The zero-order valence-corrected chi connectivity index (χ0v) is 14.2. The van der Waals surface area contributed by atoms with E-state index in [0.717, 1.165) is 0 Å². The maximum Gasteiger partial charge on any atom is 0.338 e. The van der Waals surface area contributed by atoms with Crippen molar-refractivity contribution in [3.05, 3.63) is 27.7 Å². The number of carbonyl (C=O) groups is 1. The van der Waals surface area contributed by atoms with Crippen molar-refractivity contribution in [1.82, 2.24) is 4.31 Å². The van der Waals surface area contributed by atoms with E-state index in [0.29, 0.717) is 18.8 Å². The molecular weight excluding hydrogens is 357 g/mol. The molecule has 1 fully saturated rings. The van der Waals surface area contributed by atoms with Crippen molar-refractivity contribution in [2.45, 2.75) is 17.1 Å². The molecule has 0 amide bonds. The maximum absolute atomic E-state index is 12.6. The van der Waals surface area contributed by atoms with E-state index >= 15 is 0 Å². The Bertz CT molecular complexity index is 678. The number of sulfonamides is 1. The molecule has 0 aliphatic carbocycles. The second-order valence-electron chi connectivity index (χ2n) is 4.58. The summed E-state index contributed by atoms with van der Waals surface area (Å²) in [5.41, 5.74) is -0.390. The van der Waals surface area contributed by atoms with Crippen LogP contribution in [-0.4, -0.2) is 47.9 Å². The molecule has 1 heterocycles. The normalized spacial score (nSPS) is 20.4. The molecule has 116 valence electrons. The number of aromatic carboxylic acids is 1. The molecule has 2 rings (SSSR count). The van der Waals surface area contributed by atoms with E-state index in [9.17, 15) is 13.2 Å². The van der Waals surface area contributed by atoms with E-state index < -0.39 is 16.0 Å². The van der Waals surface area contributed by atoms with Gasteiger partial charge in [0.2, 0.25) is 10.0 Å². The van der Waals surface area contributed by atoms with Gasteiger partial charge >= 0.3 is 5.97 Å². The Balaban J connectivity index is 2.50. The Kier molecular flexibility index (Phi) is 5.10. The van der Waals surface area contributed by atoms with Crippen molar-refractivity contribution in [2.24, 2.45) is 0 Å². The zero-order valence-electron chi connectivity index (χ0n) is 11.0. The van der Waals surface area contributed by atoms with Gasteiger partial charge in [0, 0.05) is 24.1 Å². The number of benzene rings is 1. The SMILES string of the molecule is CC1CN(S(=O)(=O)c2ccc(Cl)c(C(=O)O)c2Cl)CCS1. The Morgan fingerprint density at radius 1 is 1.43 bits per heavy atom. The predicted octanol–water partition coefficient (Wildman–Crippen LogP) is 2.82. The van der Waals surface area contributed by atoms with Crippen LogP contribution in [0.15, 0.2) is 17.0 Å². The molecule has 1 N–H and O–H groups in total. The highest BCUT2D eigenvalue weighted by molar-refractivity contribution is 8.00. The van der Waals surface area contributed by atoms with E-state index in [1.54, 1.807) is 11.8 Å². The summed E-state index contributed by atoms with van der Waals surface area (Å²) in [5.74, 6) is -0.665. The van der Waals surface area contributed by atoms with Crippen molar-refractivity contribution in [3.8, 4) is 0 Å². The summed E-state index contributed by atoms with van der Waals surface area (Å²) in [5, 5.41) is 8.85. The molecule has 0 bridgehead atoms. The highest BCUT2D eigenvalue weighted by atomic mass is 35.5. The summed E-state index contributed by atoms with van der Waals surface area (Å²) in [6.45, 7) is 2.69. The Labute approximate surface area is 137 Å². The van der Waals surface area contributed by atoms with Gasteiger partial charge in [0.25, 0.3) is 0 Å². The van der Waals surface area contributed by atoms with Crippen molar-refractivity contribution in [1.29, 1.82) is 0 Å². The van der Waals surface area contributed by atoms with Crippen LogP contribution in [0, 0.1) is 0 Å². The number of halogens is 2. The van der Waals surface area contributed by atoms with Crippen LogP contribution in [0.25, 0.3) is 0 Å². The van der Waals surface area contributed by atoms with Crippen LogP contribution in [0.4, 0.5) is 0 Å². The standard InChI is InChI=1S/C12H13Cl2NO4S2/c1-7-6-15(4-5-20-7)21(18,19)9-3-2-8(13)10(11(9)14)12(16)17/h2-3,7H,4-6H2,1H3,(H,16,17). The Hall–Kier alpha value is -0.470. The van der Waals surface area contributed by atoms with Crippen molar-refractivity contribution in [2.75, 3.05) is 18.8 Å². The number of nitrogens with zero attached hydrogens (tertiary/aromatic N) is 1. The summed E-state index contributed by atoms with van der Waals surface area (Å²) in [4.78, 5) is 11.0. The van der Waals surface area contributed by atoms with Crippen LogP contribution in [0.2, 0.25) is 10.0 Å². The summed E-state index contributed by atoms with van der Waals surface area (Å²) in [6.07, 6.45) is 0. The lowest BCUT2D eigenvalue weighted by Gasteiger charge is -2.30. The van der Waals surface area contributed by atoms with Gasteiger partial charge in [-0.1, -0.05) is 30.1 Å². The lowest BCUT2D eigenvalue weighted by Crippen LogP contribution is -2.41. The highest BCUT2D eigenvalue weighted by Crippen LogP contribution is 2.34. The second kappa shape index (κ2) is 6.34. The minimum atomic E-state index is -3.83. The Morgan fingerprint density at radius 3 is 2.67 bits per heavy atom. The average molecular weight is 370 g/mol. The molecule has 9 heteroatoms. The van der Waals surface area contributed by atoms with E-state index in [1.165, 1.54) is 16.4 Å². The molecule has 0 aromatic heterocycles. The van der Waals surface area contributed by atoms with Gasteiger partial charge in [0.1, 0.15) is 4.90 Å². The minimum Gasteiger partial charge on any atom is -0.478 e. The predicted molar refractivity (Wildman–Crippen MR) is 84.1 cm³/mol. The van der Waals surface area contributed by atoms with Gasteiger partial charge < -0.3 is 5.11 Å². The number of thioether (sulfide) groups is 1. The van der Waals surface area contributed by atoms with E-state index in [-0.39, 0.29) is 25.8 Å². The number of hydrogen-bond acceptors (Lipinski definition) is 4. The topological polar surface area (TPSA) is 74.7 Å². The molecule has 1 aliphatic rings. The maximum atomic E-state index is 12.6. The van der Waals surface area contributed by atoms with Crippen LogP contribution in [0.1, 0.15) is 17.3 Å². The fourth-order valence-corrected chi connectivity index (χ4v) is 5.72. The van der Waals surface area contributed by atoms with Gasteiger partial charge in [-0.05, 0) is 12.1 Å². The lowest BCUT2D eigenvalue weighted by molar-refractivity contribution is 0.0697. The van der Waals surface area contributed by atoms with Crippen molar-refractivity contribution < 1.29 is 18.3 Å². The third-order valence-corrected chi connectivity index (χ3v) is 6.95. The van der Waals surface area contributed by atoms with Gasteiger partial charge in [-0.25, -0.2) is 13.2 Å². The first-order valence-electron chi connectivity index (χ1n) is 6.08. The molecule has 0 spiro atoms. The molecule has 1 unspecified atom stereocenters. The van der Waals surface area contributed by atoms with Crippen LogP contribution in [0.5, 0.6) is 0 Å². The van der Waals surface area contributed by atoms with Gasteiger partial charge in [-0.3, -0.25) is 0 Å². The van der Waals surface area contributed by atoms with Gasteiger partial charge in [0.15, 0.2) is 0 Å². The lowest BCUT2D eigenvalue weighted by atomic mass is 10.2. The second-order valence-corrected chi connectivity index (χ2v) is 8.82. The monoisotopic (exact) mass is 369 g/mol. The van der Waals surface area contributed by atoms with Crippen LogP contribution < -0.4 is 0 Å². The third-order valence-electron chi connectivity index (χ3n) is 3.09. The third kappa shape index (κ3) is 3.32. The zero-order chi connectivity index (χ0) is 15.8. The first-order chi connectivity index (χ1) is 9.75. The molecule has 0 saturated carbocycles. The molecule has 1 saturated heterocycles. The molecule has 1 aromatic rings. The fraction of sp³-hybridized carbons (Fsp3) is 0.417. The van der Waals surface area contributed by atoms with Gasteiger partial charge in [0.05, 0.1) is 15.6 Å². The molecular formula is C12H13Cl2NO4S2. The fourth-order valence-electron chi connectivity index (χ4n) is 2.07. The summed E-state index contributed by atoms with van der Waals surface area (Å²) in [6, 6.07) is 2.49. The number of rotatable bonds is 3. The molecule has 1 atom stereocenters. The first-order valence-corrected chi connectivity index (χ1v) is 9.32. The van der Waals surface area contributed by atoms with Gasteiger partial charge in [-0.2, -0.15) is 16.1 Å². The summed E-state index contributed by atoms with van der Waals surface area (Å²) < 4.78 is 26.6. The van der Waals surface area contributed by atoms with Crippen LogP contribution >= 0.6 is 35.0 Å². The minimum absolute atomic E-state index is 0.0889. The largest absolute Gasteiger partial charge is 0.478 e. The van der Waals surface area contributed by atoms with Crippen molar-refractivity contribution >= 4 is 51.0 Å². The number of carboxylic acid groups (broad SMARTS) is 1. The number of carboxylic acids is 1. The molecule has 21 heavy (non-hydrogen) atoms. The molecule has 5 nitrogen and oxygen atoms in total. The smallest absolute Gasteiger partial charge is 0.338 e. The van der Waals surface area contributed by atoms with Crippen LogP contribution in [0.3, 0.4) is 0 Å². The first kappa shape index (κ1) is 16.9. The number of hydrogen-bond donors (Lipinski definition) is 1. The molecule has 0 radical (unpaired) electrons. The van der Waals surface area contributed by atoms with E-state index in [1.807, 2.05) is 6.92 Å². The van der Waals surface area contributed by atoms with Gasteiger partial charge in [-0.15, -0.1) is 0 Å². The van der Waals surface area contributed by atoms with Crippen molar-refractivity contribution in [3.63, 3.8) is 0 Å². The average Bonchev–Trinajstić information content (AvgIpc) is 2.37. The Morgan fingerprint density at radius 2 is 2.10 bits per heavy atom.